The van der Waals surface area contributed by atoms with Gasteiger partial charge in [-0.1, -0.05) is 23.2 Å². The third-order valence-corrected chi connectivity index (χ3v) is 3.96. The van der Waals surface area contributed by atoms with Crippen molar-refractivity contribution in [2.24, 2.45) is 0 Å². The number of nitrogens with zero attached hydrogens (tertiary/aromatic N) is 1. The second-order valence-corrected chi connectivity index (χ2v) is 5.71. The number of carbonyl (C=O) groups excluding carboxylic acids is 1. The fourth-order valence-electron chi connectivity index (χ4n) is 1.39. The van der Waals surface area contributed by atoms with Gasteiger partial charge in [0.25, 0.3) is 0 Å². The largest absolute Gasteiger partial charge is 0.308 e. The van der Waals surface area contributed by atoms with Gasteiger partial charge in [-0.15, -0.1) is 11.8 Å². The molecule has 0 saturated carbocycles. The van der Waals surface area contributed by atoms with E-state index in [4.69, 9.17) is 23.2 Å². The van der Waals surface area contributed by atoms with Crippen molar-refractivity contribution in [3.8, 4) is 0 Å². The fourth-order valence-corrected chi connectivity index (χ4v) is 2.69. The molecule has 1 aromatic carbocycles. The molecular formula is C12H11Cl2N3OS. The van der Waals surface area contributed by atoms with Gasteiger partial charge in [0.2, 0.25) is 5.91 Å². The van der Waals surface area contributed by atoms with Gasteiger partial charge in [-0.3, -0.25) is 9.89 Å². The zero-order chi connectivity index (χ0) is 13.8. The predicted molar refractivity (Wildman–Crippen MR) is 79.1 cm³/mol. The molecule has 7 heteroatoms. The van der Waals surface area contributed by atoms with Crippen molar-refractivity contribution in [1.82, 2.24) is 10.2 Å². The topological polar surface area (TPSA) is 57.8 Å². The lowest BCUT2D eigenvalue weighted by atomic mass is 10.4. The van der Waals surface area contributed by atoms with E-state index in [1.165, 1.54) is 11.8 Å². The summed E-state index contributed by atoms with van der Waals surface area (Å²) in [5, 5.41) is 10.5. The highest BCUT2D eigenvalue weighted by Crippen LogP contribution is 2.29. The normalized spacial score (nSPS) is 10.5. The van der Waals surface area contributed by atoms with E-state index >= 15 is 0 Å². The minimum Gasteiger partial charge on any atom is -0.308 e. The van der Waals surface area contributed by atoms with Crippen molar-refractivity contribution < 1.29 is 4.79 Å². The zero-order valence-electron chi connectivity index (χ0n) is 10.0. The Hall–Kier alpha value is -1.17. The third kappa shape index (κ3) is 4.16. The lowest BCUT2D eigenvalue weighted by Crippen LogP contribution is -2.14. The van der Waals surface area contributed by atoms with Crippen LogP contribution in [0.5, 0.6) is 0 Å². The van der Waals surface area contributed by atoms with E-state index < -0.39 is 0 Å². The van der Waals surface area contributed by atoms with Crippen molar-refractivity contribution >= 4 is 46.7 Å². The second-order valence-electron chi connectivity index (χ2n) is 3.85. The molecule has 1 amide bonds. The van der Waals surface area contributed by atoms with Gasteiger partial charge >= 0.3 is 0 Å². The number of aromatic amines is 1. The van der Waals surface area contributed by atoms with Crippen LogP contribution in [0.4, 0.5) is 5.82 Å². The van der Waals surface area contributed by atoms with E-state index in [-0.39, 0.29) is 11.7 Å². The van der Waals surface area contributed by atoms with Crippen LogP contribution in [0, 0.1) is 6.92 Å². The van der Waals surface area contributed by atoms with Crippen LogP contribution in [-0.2, 0) is 4.79 Å². The summed E-state index contributed by atoms with van der Waals surface area (Å²) < 4.78 is 0. The van der Waals surface area contributed by atoms with Crippen LogP contribution in [0.1, 0.15) is 5.69 Å². The van der Waals surface area contributed by atoms with Crippen LogP contribution in [0.25, 0.3) is 0 Å². The molecule has 19 heavy (non-hydrogen) atoms. The third-order valence-electron chi connectivity index (χ3n) is 2.23. The molecule has 0 unspecified atom stereocenters. The van der Waals surface area contributed by atoms with Crippen molar-refractivity contribution in [3.63, 3.8) is 0 Å². The summed E-state index contributed by atoms with van der Waals surface area (Å²) in [6, 6.07) is 6.91. The van der Waals surface area contributed by atoms with Crippen LogP contribution in [-0.4, -0.2) is 21.9 Å². The highest BCUT2D eigenvalue weighted by Gasteiger charge is 2.08. The number of amides is 1. The molecule has 100 valence electrons. The summed E-state index contributed by atoms with van der Waals surface area (Å²) >= 11 is 13.2. The van der Waals surface area contributed by atoms with Gasteiger partial charge in [0.1, 0.15) is 0 Å². The summed E-state index contributed by atoms with van der Waals surface area (Å²) in [4.78, 5) is 12.5. The van der Waals surface area contributed by atoms with E-state index in [1.807, 2.05) is 6.92 Å². The number of rotatable bonds is 4. The van der Waals surface area contributed by atoms with Crippen LogP contribution in [0.15, 0.2) is 29.2 Å². The molecule has 0 fully saturated rings. The highest BCUT2D eigenvalue weighted by atomic mass is 35.5. The number of nitrogens with one attached hydrogen (secondary N) is 2. The van der Waals surface area contributed by atoms with Gasteiger partial charge in [0.15, 0.2) is 5.82 Å². The lowest BCUT2D eigenvalue weighted by Gasteiger charge is -2.04. The number of anilines is 1. The fraction of sp³-hybridized carbons (Fsp3) is 0.167. The number of thioether (sulfide) groups is 1. The highest BCUT2D eigenvalue weighted by molar-refractivity contribution is 8.00. The molecule has 0 aliphatic carbocycles. The molecule has 1 heterocycles. The first-order valence-electron chi connectivity index (χ1n) is 5.44. The van der Waals surface area contributed by atoms with Crippen LogP contribution in [0.3, 0.4) is 0 Å². The Morgan fingerprint density at radius 3 is 2.89 bits per heavy atom. The van der Waals surface area contributed by atoms with Crippen LogP contribution in [0.2, 0.25) is 10.0 Å². The molecule has 0 saturated heterocycles. The van der Waals surface area contributed by atoms with Gasteiger partial charge < -0.3 is 5.32 Å². The van der Waals surface area contributed by atoms with Crippen molar-refractivity contribution in [3.05, 3.63) is 40.0 Å². The Labute approximate surface area is 124 Å². The molecule has 2 rings (SSSR count). The SMILES string of the molecule is Cc1cc(NC(=O)CSc2cc(Cl)ccc2Cl)n[nH]1. The van der Waals surface area contributed by atoms with Crippen molar-refractivity contribution in [2.45, 2.75) is 11.8 Å². The molecule has 0 aliphatic heterocycles. The Bertz CT molecular complexity index is 600. The van der Waals surface area contributed by atoms with Crippen LogP contribution >= 0.6 is 35.0 Å². The van der Waals surface area contributed by atoms with Gasteiger partial charge in [-0.05, 0) is 25.1 Å². The smallest absolute Gasteiger partial charge is 0.235 e. The summed E-state index contributed by atoms with van der Waals surface area (Å²) in [5.41, 5.74) is 0.890. The first-order valence-corrected chi connectivity index (χ1v) is 7.18. The molecule has 4 nitrogen and oxygen atoms in total. The number of H-pyrrole nitrogens is 1. The van der Waals surface area contributed by atoms with Gasteiger partial charge in [-0.2, -0.15) is 5.10 Å². The average Bonchev–Trinajstić information content (AvgIpc) is 2.76. The molecule has 0 aliphatic rings. The zero-order valence-corrected chi connectivity index (χ0v) is 12.4. The van der Waals surface area contributed by atoms with Crippen LogP contribution < -0.4 is 5.32 Å². The summed E-state index contributed by atoms with van der Waals surface area (Å²) in [6.45, 7) is 1.86. The predicted octanol–water partition coefficient (Wildman–Crippen LogP) is 3.76. The van der Waals surface area contributed by atoms with E-state index in [0.717, 1.165) is 10.6 Å². The molecule has 2 N–H and O–H groups in total. The number of benzene rings is 1. The Morgan fingerprint density at radius 2 is 2.21 bits per heavy atom. The number of carbonyl (C=O) groups is 1. The summed E-state index contributed by atoms with van der Waals surface area (Å²) in [5.74, 6) is 0.610. The maximum absolute atomic E-state index is 11.7. The number of aryl methyl sites for hydroxylation is 1. The number of hydrogen-bond acceptors (Lipinski definition) is 3. The Kier molecular flexibility index (Phi) is 4.74. The Morgan fingerprint density at radius 1 is 1.42 bits per heavy atom. The minimum atomic E-state index is -0.146. The summed E-state index contributed by atoms with van der Waals surface area (Å²) in [6.07, 6.45) is 0. The number of aromatic nitrogens is 2. The van der Waals surface area contributed by atoms with Gasteiger partial charge in [-0.25, -0.2) is 0 Å². The quantitative estimate of drug-likeness (QED) is 0.845. The van der Waals surface area contributed by atoms with E-state index in [0.29, 0.717) is 15.9 Å². The Balaban J connectivity index is 1.91. The molecular weight excluding hydrogens is 305 g/mol. The standard InChI is InChI=1S/C12H11Cl2N3OS/c1-7-4-11(17-16-7)15-12(18)6-19-10-5-8(13)2-3-9(10)14/h2-5H,6H2,1H3,(H2,15,16,17,18). The van der Waals surface area contributed by atoms with Gasteiger partial charge in [0, 0.05) is 21.7 Å². The first-order chi connectivity index (χ1) is 9.04. The molecule has 0 atom stereocenters. The second kappa shape index (κ2) is 6.32. The minimum absolute atomic E-state index is 0.146. The monoisotopic (exact) mass is 315 g/mol. The van der Waals surface area contributed by atoms with Crippen molar-refractivity contribution in [2.75, 3.05) is 11.1 Å². The van der Waals surface area contributed by atoms with E-state index in [2.05, 4.69) is 15.5 Å². The maximum atomic E-state index is 11.7. The average molecular weight is 316 g/mol. The number of hydrogen-bond donors (Lipinski definition) is 2. The van der Waals surface area contributed by atoms with E-state index in [9.17, 15) is 4.79 Å². The molecule has 0 bridgehead atoms. The molecule has 0 spiro atoms. The van der Waals surface area contributed by atoms with Gasteiger partial charge in [0.05, 0.1) is 10.8 Å². The number of halogens is 2. The first kappa shape index (κ1) is 14.2. The molecule has 2 aromatic rings. The molecule has 0 radical (unpaired) electrons. The molecule has 1 aromatic heterocycles. The lowest BCUT2D eigenvalue weighted by molar-refractivity contribution is -0.113. The van der Waals surface area contributed by atoms with E-state index in [1.54, 1.807) is 24.3 Å². The van der Waals surface area contributed by atoms with Crippen molar-refractivity contribution in [1.29, 1.82) is 0 Å². The maximum Gasteiger partial charge on any atom is 0.235 e. The summed E-state index contributed by atoms with van der Waals surface area (Å²) in [7, 11) is 0.